The van der Waals surface area contributed by atoms with E-state index in [2.05, 4.69) is 21.2 Å². The summed E-state index contributed by atoms with van der Waals surface area (Å²) in [5, 5.41) is 4.99. The number of morpholine rings is 1. The molecule has 11 heteroatoms. The summed E-state index contributed by atoms with van der Waals surface area (Å²) < 4.78 is 29.0. The molecular formula is C27H23FN6O4. The molecule has 1 fully saturated rings. The maximum Gasteiger partial charge on any atom is 0.259 e. The monoisotopic (exact) mass is 514 g/mol. The van der Waals surface area contributed by atoms with Crippen molar-refractivity contribution in [2.45, 2.75) is 0 Å². The van der Waals surface area contributed by atoms with Crippen LogP contribution in [0.3, 0.4) is 0 Å². The van der Waals surface area contributed by atoms with Crippen molar-refractivity contribution in [3.8, 4) is 17.2 Å². The molecule has 0 atom stereocenters. The Morgan fingerprint density at radius 2 is 1.87 bits per heavy atom. The Bertz CT molecular complexity index is 1730. The molecule has 1 amide bonds. The summed E-state index contributed by atoms with van der Waals surface area (Å²) in [4.78, 5) is 32.9. The molecule has 38 heavy (non-hydrogen) atoms. The fourth-order valence-corrected chi connectivity index (χ4v) is 5.11. The van der Waals surface area contributed by atoms with Gasteiger partial charge < -0.3 is 24.3 Å². The molecule has 7 rings (SSSR count). The average Bonchev–Trinajstić information content (AvgIpc) is 3.47. The minimum absolute atomic E-state index is 0.0214. The van der Waals surface area contributed by atoms with Crippen molar-refractivity contribution in [2.75, 3.05) is 44.8 Å². The number of hydrazine groups is 1. The number of aliphatic imine (C=N–C) groups is 1. The van der Waals surface area contributed by atoms with E-state index in [4.69, 9.17) is 9.47 Å². The number of carbonyl (C=O) groups is 1. The van der Waals surface area contributed by atoms with Crippen LogP contribution in [0.5, 0.6) is 11.5 Å². The number of nitrogens with one attached hydrogen (secondary N) is 3. The SMILES string of the molecule is O=C(c1cn2c3c(c(NNC4=NCCN4)c(F)cc3c1=O)Oc1cc3ccccc3cc1-2)N1CCOCC1. The number of carbonyl (C=O) groups excluding carboxylic acids is 1. The van der Waals surface area contributed by atoms with Crippen LogP contribution in [-0.2, 0) is 4.74 Å². The van der Waals surface area contributed by atoms with Crippen LogP contribution in [0.15, 0.2) is 58.4 Å². The molecule has 0 saturated carbocycles. The van der Waals surface area contributed by atoms with Gasteiger partial charge in [-0.2, -0.15) is 0 Å². The first-order valence-corrected chi connectivity index (χ1v) is 12.4. The van der Waals surface area contributed by atoms with E-state index in [1.807, 2.05) is 36.4 Å². The lowest BCUT2D eigenvalue weighted by Crippen LogP contribution is -2.42. The fraction of sp³-hybridized carbons (Fsp3) is 0.222. The molecule has 0 radical (unpaired) electrons. The predicted molar refractivity (Wildman–Crippen MR) is 141 cm³/mol. The summed E-state index contributed by atoms with van der Waals surface area (Å²) >= 11 is 0. The number of halogens is 1. The second kappa shape index (κ2) is 8.73. The molecular weight excluding hydrogens is 491 g/mol. The van der Waals surface area contributed by atoms with Gasteiger partial charge in [0.1, 0.15) is 16.8 Å². The summed E-state index contributed by atoms with van der Waals surface area (Å²) in [6.07, 6.45) is 1.54. The summed E-state index contributed by atoms with van der Waals surface area (Å²) in [7, 11) is 0. The first kappa shape index (κ1) is 22.5. The van der Waals surface area contributed by atoms with Crippen molar-refractivity contribution in [3.05, 3.63) is 70.3 Å². The van der Waals surface area contributed by atoms with E-state index in [1.165, 1.54) is 0 Å². The third-order valence-corrected chi connectivity index (χ3v) is 7.00. The van der Waals surface area contributed by atoms with E-state index in [-0.39, 0.29) is 22.4 Å². The standard InChI is InChI=1S/C27H23FN6O4/c28-19-13-17-23-25(22(19)31-32-27-29-5-6-30-27)38-21-12-16-4-2-1-3-15(16)11-20(21)34(23)14-18(24(17)35)26(36)33-7-9-37-10-8-33/h1-4,11-14,31H,5-10H2,(H2,29,30,32). The van der Waals surface area contributed by atoms with Crippen LogP contribution in [0.2, 0.25) is 0 Å². The minimum Gasteiger partial charge on any atom is -0.451 e. The first-order valence-electron chi connectivity index (χ1n) is 12.4. The number of aromatic nitrogens is 1. The number of fused-ring (bicyclic) bond motifs is 3. The van der Waals surface area contributed by atoms with Gasteiger partial charge in [0.05, 0.1) is 30.8 Å². The van der Waals surface area contributed by atoms with Crippen LogP contribution in [0.25, 0.3) is 27.4 Å². The quantitative estimate of drug-likeness (QED) is 0.318. The van der Waals surface area contributed by atoms with Crippen LogP contribution in [-0.4, -0.2) is 60.7 Å². The Morgan fingerprint density at radius 1 is 1.08 bits per heavy atom. The zero-order valence-electron chi connectivity index (χ0n) is 20.2. The lowest BCUT2D eigenvalue weighted by molar-refractivity contribution is 0.0302. The number of rotatable bonds is 3. The Hall–Kier alpha value is -4.64. The highest BCUT2D eigenvalue weighted by atomic mass is 19.1. The van der Waals surface area contributed by atoms with Gasteiger partial charge >= 0.3 is 0 Å². The molecule has 1 saturated heterocycles. The molecule has 4 aromatic rings. The number of hydrogen-bond acceptors (Lipinski definition) is 8. The predicted octanol–water partition coefficient (Wildman–Crippen LogP) is 2.74. The van der Waals surface area contributed by atoms with Gasteiger partial charge in [0.2, 0.25) is 11.4 Å². The molecule has 3 N–H and O–H groups in total. The van der Waals surface area contributed by atoms with Gasteiger partial charge in [0.15, 0.2) is 17.3 Å². The van der Waals surface area contributed by atoms with Crippen molar-refractivity contribution in [1.29, 1.82) is 0 Å². The van der Waals surface area contributed by atoms with Crippen molar-refractivity contribution in [1.82, 2.24) is 20.2 Å². The summed E-state index contributed by atoms with van der Waals surface area (Å²) in [5.74, 6) is -0.0358. The van der Waals surface area contributed by atoms with Gasteiger partial charge in [-0.1, -0.05) is 24.3 Å². The van der Waals surface area contributed by atoms with Crippen LogP contribution in [0.4, 0.5) is 10.1 Å². The lowest BCUT2D eigenvalue weighted by Gasteiger charge is -2.29. The third-order valence-electron chi connectivity index (χ3n) is 7.00. The third kappa shape index (κ3) is 3.54. The Kier molecular flexibility index (Phi) is 5.18. The van der Waals surface area contributed by atoms with Crippen LogP contribution < -0.4 is 26.3 Å². The number of benzene rings is 3. The molecule has 0 bridgehead atoms. The molecule has 4 heterocycles. The minimum atomic E-state index is -0.706. The summed E-state index contributed by atoms with van der Waals surface area (Å²) in [6.45, 7) is 2.84. The number of hydrogen-bond donors (Lipinski definition) is 3. The van der Waals surface area contributed by atoms with Crippen molar-refractivity contribution < 1.29 is 18.7 Å². The Morgan fingerprint density at radius 3 is 2.63 bits per heavy atom. The van der Waals surface area contributed by atoms with Crippen LogP contribution >= 0.6 is 0 Å². The van der Waals surface area contributed by atoms with Crippen LogP contribution in [0, 0.1) is 5.82 Å². The zero-order chi connectivity index (χ0) is 25.8. The van der Waals surface area contributed by atoms with Crippen LogP contribution in [0.1, 0.15) is 10.4 Å². The highest BCUT2D eigenvalue weighted by Crippen LogP contribution is 2.46. The van der Waals surface area contributed by atoms with E-state index >= 15 is 4.39 Å². The van der Waals surface area contributed by atoms with Crippen molar-refractivity contribution in [2.24, 2.45) is 4.99 Å². The van der Waals surface area contributed by atoms with E-state index in [0.29, 0.717) is 62.3 Å². The van der Waals surface area contributed by atoms with Gasteiger partial charge in [0, 0.05) is 25.8 Å². The topological polar surface area (TPSA) is 109 Å². The molecule has 3 aromatic carbocycles. The largest absolute Gasteiger partial charge is 0.451 e. The molecule has 192 valence electrons. The highest BCUT2D eigenvalue weighted by Gasteiger charge is 2.30. The molecule has 0 unspecified atom stereocenters. The second-order valence-electron chi connectivity index (χ2n) is 9.28. The smallest absolute Gasteiger partial charge is 0.259 e. The number of pyridine rings is 1. The number of anilines is 1. The average molecular weight is 515 g/mol. The second-order valence-corrected chi connectivity index (χ2v) is 9.28. The fourth-order valence-electron chi connectivity index (χ4n) is 5.11. The van der Waals surface area contributed by atoms with Gasteiger partial charge in [-0.05, 0) is 29.0 Å². The molecule has 3 aliphatic rings. The van der Waals surface area contributed by atoms with Gasteiger partial charge in [-0.15, -0.1) is 0 Å². The molecule has 1 aromatic heterocycles. The van der Waals surface area contributed by atoms with Gasteiger partial charge in [0.25, 0.3) is 5.91 Å². The number of nitrogens with zero attached hydrogens (tertiary/aromatic N) is 3. The summed E-state index contributed by atoms with van der Waals surface area (Å²) in [5.41, 5.74) is 6.17. The molecule has 0 aliphatic carbocycles. The summed E-state index contributed by atoms with van der Waals surface area (Å²) in [6, 6.07) is 12.7. The zero-order valence-corrected chi connectivity index (χ0v) is 20.2. The number of guanidine groups is 1. The molecule has 0 spiro atoms. The Balaban J connectivity index is 1.46. The van der Waals surface area contributed by atoms with E-state index in [9.17, 15) is 9.59 Å². The number of amides is 1. The number of ether oxygens (including phenoxy) is 2. The lowest BCUT2D eigenvalue weighted by atomic mass is 10.0. The maximum absolute atomic E-state index is 15.6. The van der Waals surface area contributed by atoms with E-state index in [1.54, 1.807) is 15.7 Å². The van der Waals surface area contributed by atoms with Gasteiger partial charge in [-0.25, -0.2) is 4.39 Å². The van der Waals surface area contributed by atoms with Crippen molar-refractivity contribution in [3.63, 3.8) is 0 Å². The first-order chi connectivity index (χ1) is 18.6. The van der Waals surface area contributed by atoms with Gasteiger partial charge in [-0.3, -0.25) is 25.4 Å². The molecule has 3 aliphatic heterocycles. The normalized spacial score (nSPS) is 16.0. The maximum atomic E-state index is 15.6. The highest BCUT2D eigenvalue weighted by molar-refractivity contribution is 6.02. The molecule has 10 nitrogen and oxygen atoms in total. The van der Waals surface area contributed by atoms with E-state index in [0.717, 1.165) is 16.8 Å². The van der Waals surface area contributed by atoms with E-state index < -0.39 is 17.2 Å². The Labute approximate surface area is 215 Å². The van der Waals surface area contributed by atoms with Crippen molar-refractivity contribution >= 4 is 39.2 Å².